The maximum absolute atomic E-state index is 13.9. The van der Waals surface area contributed by atoms with E-state index in [4.69, 9.17) is 20.8 Å². The van der Waals surface area contributed by atoms with Crippen LogP contribution in [0.4, 0.5) is 0 Å². The van der Waals surface area contributed by atoms with Crippen LogP contribution in [0.2, 0.25) is 5.02 Å². The number of nitrogens with zero attached hydrogens (tertiary/aromatic N) is 2. The number of carbonyl (C=O) groups excluding carboxylic acids is 2. The second-order valence-electron chi connectivity index (χ2n) is 9.84. The van der Waals surface area contributed by atoms with Gasteiger partial charge in [-0.25, -0.2) is 0 Å². The molecule has 1 aromatic carbocycles. The van der Waals surface area contributed by atoms with Gasteiger partial charge in [0.15, 0.2) is 11.5 Å². The first kappa shape index (κ1) is 21.9. The van der Waals surface area contributed by atoms with E-state index in [2.05, 4.69) is 4.90 Å². The predicted octanol–water partition coefficient (Wildman–Crippen LogP) is 5.07. The van der Waals surface area contributed by atoms with Crippen LogP contribution in [0, 0.1) is 5.92 Å². The van der Waals surface area contributed by atoms with Gasteiger partial charge in [-0.1, -0.05) is 30.2 Å². The maximum atomic E-state index is 13.9. The van der Waals surface area contributed by atoms with Gasteiger partial charge in [0.05, 0.1) is 29.8 Å². The minimum Gasteiger partial charge on any atom is -0.483 e. The predicted molar refractivity (Wildman–Crippen MR) is 127 cm³/mol. The monoisotopic (exact) mass is 480 g/mol. The average Bonchev–Trinajstić information content (AvgIpc) is 3.60. The molecule has 4 atom stereocenters. The van der Waals surface area contributed by atoms with Crippen molar-refractivity contribution in [1.29, 1.82) is 0 Å². The molecule has 1 amide bonds. The third-order valence-electron chi connectivity index (χ3n) is 7.85. The van der Waals surface area contributed by atoms with Gasteiger partial charge < -0.3 is 14.1 Å². The molecule has 2 fully saturated rings. The molecule has 2 aromatic rings. The van der Waals surface area contributed by atoms with Crippen LogP contribution in [-0.4, -0.2) is 47.2 Å². The fourth-order valence-electron chi connectivity index (χ4n) is 6.21. The molecule has 0 N–H and O–H groups in total. The molecule has 7 heteroatoms. The highest BCUT2D eigenvalue weighted by atomic mass is 35.5. The fraction of sp³-hybridized carbons (Fsp3) is 0.481. The van der Waals surface area contributed by atoms with E-state index < -0.39 is 6.04 Å². The second kappa shape index (κ2) is 8.90. The topological polar surface area (TPSA) is 63.0 Å². The van der Waals surface area contributed by atoms with Gasteiger partial charge in [0, 0.05) is 11.6 Å². The molecule has 6 nitrogen and oxygen atoms in total. The van der Waals surface area contributed by atoms with Crippen LogP contribution >= 0.6 is 11.6 Å². The zero-order valence-electron chi connectivity index (χ0n) is 19.1. The Morgan fingerprint density at radius 3 is 2.62 bits per heavy atom. The van der Waals surface area contributed by atoms with Crippen molar-refractivity contribution in [3.63, 3.8) is 0 Å². The number of hydrogen-bond donors (Lipinski definition) is 0. The first-order valence-electron chi connectivity index (χ1n) is 12.4. The Kier molecular flexibility index (Phi) is 5.74. The Bertz CT molecular complexity index is 1120. The summed E-state index contributed by atoms with van der Waals surface area (Å²) in [4.78, 5) is 31.8. The van der Waals surface area contributed by atoms with Crippen LogP contribution in [0.25, 0.3) is 0 Å². The molecule has 6 rings (SSSR count). The molecular formula is C27H29ClN2O4. The molecule has 0 spiro atoms. The lowest BCUT2D eigenvalue weighted by atomic mass is 9.77. The molecule has 1 aliphatic carbocycles. The van der Waals surface area contributed by atoms with Gasteiger partial charge in [-0.05, 0) is 75.0 Å². The largest absolute Gasteiger partial charge is 0.483 e. The van der Waals surface area contributed by atoms with Gasteiger partial charge in [-0.3, -0.25) is 14.5 Å². The van der Waals surface area contributed by atoms with E-state index in [9.17, 15) is 9.59 Å². The van der Waals surface area contributed by atoms with Gasteiger partial charge in [-0.15, -0.1) is 0 Å². The van der Waals surface area contributed by atoms with E-state index in [-0.39, 0.29) is 35.5 Å². The SMILES string of the molecule is O=C1C2=C(OC3CCCCC13)C(=O)N(CC(c1ccco1)N1CCCC1)C2c1cccc(Cl)c1. The smallest absolute Gasteiger partial charge is 0.290 e. The summed E-state index contributed by atoms with van der Waals surface area (Å²) in [6.07, 6.45) is 7.44. The summed E-state index contributed by atoms with van der Waals surface area (Å²) in [6.45, 7) is 2.34. The molecule has 1 saturated carbocycles. The summed E-state index contributed by atoms with van der Waals surface area (Å²) in [5, 5.41) is 0.584. The fourth-order valence-corrected chi connectivity index (χ4v) is 6.41. The Morgan fingerprint density at radius 2 is 1.85 bits per heavy atom. The molecule has 3 aliphatic heterocycles. The Morgan fingerprint density at radius 1 is 1.03 bits per heavy atom. The third kappa shape index (κ3) is 3.68. The molecule has 4 unspecified atom stereocenters. The number of carbonyl (C=O) groups is 2. The van der Waals surface area contributed by atoms with Crippen molar-refractivity contribution in [2.75, 3.05) is 19.6 Å². The molecule has 0 bridgehead atoms. The van der Waals surface area contributed by atoms with Crippen molar-refractivity contribution < 1.29 is 18.7 Å². The van der Waals surface area contributed by atoms with Crippen molar-refractivity contribution in [3.8, 4) is 0 Å². The van der Waals surface area contributed by atoms with Gasteiger partial charge in [-0.2, -0.15) is 0 Å². The van der Waals surface area contributed by atoms with Crippen LogP contribution in [0.15, 0.2) is 58.4 Å². The van der Waals surface area contributed by atoms with Crippen molar-refractivity contribution in [2.45, 2.75) is 56.7 Å². The summed E-state index contributed by atoms with van der Waals surface area (Å²) in [6, 6.07) is 10.8. The normalized spacial score (nSPS) is 28.1. The summed E-state index contributed by atoms with van der Waals surface area (Å²) in [7, 11) is 0. The van der Waals surface area contributed by atoms with Gasteiger partial charge in [0.1, 0.15) is 11.9 Å². The zero-order valence-corrected chi connectivity index (χ0v) is 19.9. The van der Waals surface area contributed by atoms with Gasteiger partial charge in [0.25, 0.3) is 5.91 Å². The van der Waals surface area contributed by atoms with Crippen LogP contribution < -0.4 is 0 Å². The number of ketones is 1. The number of benzene rings is 1. The van der Waals surface area contributed by atoms with Crippen LogP contribution in [-0.2, 0) is 14.3 Å². The Labute approximate surface area is 204 Å². The number of rotatable bonds is 5. The number of likely N-dealkylation sites (tertiary alicyclic amines) is 1. The molecule has 178 valence electrons. The maximum Gasteiger partial charge on any atom is 0.290 e. The Hall–Kier alpha value is -2.57. The van der Waals surface area contributed by atoms with Crippen LogP contribution in [0.1, 0.15) is 61.9 Å². The number of Topliss-reactive ketones (excluding diaryl/α,β-unsaturated/α-hetero) is 1. The highest BCUT2D eigenvalue weighted by molar-refractivity contribution is 6.30. The number of amides is 1. The average molecular weight is 481 g/mol. The molecule has 4 aliphatic rings. The van der Waals surface area contributed by atoms with E-state index >= 15 is 0 Å². The van der Waals surface area contributed by atoms with Gasteiger partial charge >= 0.3 is 0 Å². The molecule has 4 heterocycles. The Balaban J connectivity index is 1.41. The molecule has 1 aromatic heterocycles. The van der Waals surface area contributed by atoms with E-state index in [1.165, 1.54) is 0 Å². The van der Waals surface area contributed by atoms with Crippen LogP contribution in [0.5, 0.6) is 0 Å². The lowest BCUT2D eigenvalue weighted by Crippen LogP contribution is -2.40. The zero-order chi connectivity index (χ0) is 23.2. The minimum atomic E-state index is -0.503. The highest BCUT2D eigenvalue weighted by Crippen LogP contribution is 2.47. The minimum absolute atomic E-state index is 0.0718. The highest BCUT2D eigenvalue weighted by Gasteiger charge is 2.52. The number of halogens is 1. The molecule has 1 saturated heterocycles. The number of hydrogen-bond acceptors (Lipinski definition) is 5. The molecular weight excluding hydrogens is 452 g/mol. The van der Waals surface area contributed by atoms with E-state index in [1.54, 1.807) is 6.26 Å². The number of furan rings is 1. The number of ether oxygens (including phenoxy) is 1. The van der Waals surface area contributed by atoms with Crippen molar-refractivity contribution >= 4 is 23.3 Å². The summed E-state index contributed by atoms with van der Waals surface area (Å²) < 4.78 is 12.1. The van der Waals surface area contributed by atoms with Crippen LogP contribution in [0.3, 0.4) is 0 Å². The van der Waals surface area contributed by atoms with Crippen molar-refractivity contribution in [3.05, 3.63) is 70.3 Å². The van der Waals surface area contributed by atoms with Crippen molar-refractivity contribution in [2.24, 2.45) is 5.92 Å². The lowest BCUT2D eigenvalue weighted by Gasteiger charge is -2.36. The summed E-state index contributed by atoms with van der Waals surface area (Å²) in [5.74, 6) is 0.792. The van der Waals surface area contributed by atoms with Gasteiger partial charge in [0.2, 0.25) is 0 Å². The summed E-state index contributed by atoms with van der Waals surface area (Å²) in [5.41, 5.74) is 1.35. The second-order valence-corrected chi connectivity index (χ2v) is 10.3. The van der Waals surface area contributed by atoms with E-state index in [1.807, 2.05) is 41.3 Å². The number of fused-ring (bicyclic) bond motifs is 1. The summed E-state index contributed by atoms with van der Waals surface area (Å²) >= 11 is 6.36. The lowest BCUT2D eigenvalue weighted by molar-refractivity contribution is -0.136. The van der Waals surface area contributed by atoms with E-state index in [0.717, 1.165) is 62.9 Å². The third-order valence-corrected chi connectivity index (χ3v) is 8.08. The quantitative estimate of drug-likeness (QED) is 0.598. The first-order chi connectivity index (χ1) is 16.6. The first-order valence-corrected chi connectivity index (χ1v) is 12.8. The van der Waals surface area contributed by atoms with E-state index in [0.29, 0.717) is 17.1 Å². The van der Waals surface area contributed by atoms with Crippen molar-refractivity contribution in [1.82, 2.24) is 9.80 Å². The molecule has 34 heavy (non-hydrogen) atoms. The standard InChI is InChI=1S/C27H29ClN2O4/c28-18-8-5-7-17(15-18)24-23-25(31)19-9-1-2-10-21(19)34-26(23)27(32)30(24)16-20(22-11-6-14-33-22)29-12-3-4-13-29/h5-8,11,14-15,19-21,24H,1-4,9-10,12-13,16H2. The molecule has 0 radical (unpaired) electrons.